The second-order valence-corrected chi connectivity index (χ2v) is 5.26. The Morgan fingerprint density at radius 2 is 1.88 bits per heavy atom. The average Bonchev–Trinajstić information content (AvgIpc) is 2.79. The van der Waals surface area contributed by atoms with Gasteiger partial charge in [0.05, 0.1) is 11.8 Å². The summed E-state index contributed by atoms with van der Waals surface area (Å²) < 4.78 is 0. The van der Waals surface area contributed by atoms with Gasteiger partial charge in [-0.25, -0.2) is 4.98 Å². The van der Waals surface area contributed by atoms with E-state index in [1.165, 1.54) is 25.7 Å². The van der Waals surface area contributed by atoms with Gasteiger partial charge in [-0.2, -0.15) is 0 Å². The van der Waals surface area contributed by atoms with Crippen molar-refractivity contribution >= 4 is 16.5 Å². The van der Waals surface area contributed by atoms with Crippen LogP contribution >= 0.6 is 11.3 Å². The van der Waals surface area contributed by atoms with Gasteiger partial charge in [-0.1, -0.05) is 26.7 Å². The summed E-state index contributed by atoms with van der Waals surface area (Å²) in [5, 5.41) is 12.5. The van der Waals surface area contributed by atoms with Crippen LogP contribution < -0.4 is 4.90 Å². The SMILES string of the molecule is CCCCN(CCCC)c1nc(C(C)O)cs1. The molecular weight excluding hydrogens is 232 g/mol. The third kappa shape index (κ3) is 4.64. The first-order chi connectivity index (χ1) is 8.19. The maximum atomic E-state index is 9.50. The van der Waals surface area contributed by atoms with E-state index in [9.17, 15) is 5.11 Å². The van der Waals surface area contributed by atoms with Crippen molar-refractivity contribution in [1.29, 1.82) is 0 Å². The van der Waals surface area contributed by atoms with Gasteiger partial charge in [-0.15, -0.1) is 11.3 Å². The maximum Gasteiger partial charge on any atom is 0.185 e. The molecule has 0 aliphatic heterocycles. The lowest BCUT2D eigenvalue weighted by atomic mass is 10.3. The Bertz CT molecular complexity index is 304. The summed E-state index contributed by atoms with van der Waals surface area (Å²) >= 11 is 1.64. The predicted octanol–water partition coefficient (Wildman–Crippen LogP) is 3.60. The summed E-state index contributed by atoms with van der Waals surface area (Å²) in [6.45, 7) is 8.33. The Kier molecular flexibility index (Phi) is 6.52. The highest BCUT2D eigenvalue weighted by Gasteiger charge is 2.12. The molecule has 1 atom stereocenters. The molecule has 1 N–H and O–H groups in total. The van der Waals surface area contributed by atoms with Crippen LogP contribution in [0.5, 0.6) is 0 Å². The molecule has 0 fully saturated rings. The molecule has 98 valence electrons. The van der Waals surface area contributed by atoms with Crippen molar-refractivity contribution in [2.45, 2.75) is 52.6 Å². The van der Waals surface area contributed by atoms with E-state index in [1.54, 1.807) is 18.3 Å². The first-order valence-electron chi connectivity index (χ1n) is 6.57. The number of thiazole rings is 1. The van der Waals surface area contributed by atoms with Crippen molar-refractivity contribution < 1.29 is 5.11 Å². The number of hydrogen-bond acceptors (Lipinski definition) is 4. The molecule has 0 aliphatic rings. The predicted molar refractivity (Wildman–Crippen MR) is 74.8 cm³/mol. The van der Waals surface area contributed by atoms with Crippen LogP contribution in [0.4, 0.5) is 5.13 Å². The number of unbranched alkanes of at least 4 members (excludes halogenated alkanes) is 2. The van der Waals surface area contributed by atoms with Crippen LogP contribution in [-0.4, -0.2) is 23.2 Å². The van der Waals surface area contributed by atoms with Crippen molar-refractivity contribution in [2.24, 2.45) is 0 Å². The lowest BCUT2D eigenvalue weighted by Crippen LogP contribution is -2.25. The first-order valence-corrected chi connectivity index (χ1v) is 7.45. The molecule has 1 aromatic heterocycles. The normalized spacial score (nSPS) is 12.7. The van der Waals surface area contributed by atoms with Gasteiger partial charge in [0.2, 0.25) is 0 Å². The highest BCUT2D eigenvalue weighted by atomic mass is 32.1. The van der Waals surface area contributed by atoms with Crippen LogP contribution in [-0.2, 0) is 0 Å². The molecule has 17 heavy (non-hydrogen) atoms. The quantitative estimate of drug-likeness (QED) is 0.772. The third-order valence-corrected chi connectivity index (χ3v) is 3.69. The van der Waals surface area contributed by atoms with Gasteiger partial charge in [-0.3, -0.25) is 0 Å². The minimum absolute atomic E-state index is 0.459. The van der Waals surface area contributed by atoms with E-state index >= 15 is 0 Å². The summed E-state index contributed by atoms with van der Waals surface area (Å²) in [7, 11) is 0. The number of nitrogens with zero attached hydrogens (tertiary/aromatic N) is 2. The molecule has 3 nitrogen and oxygen atoms in total. The van der Waals surface area contributed by atoms with E-state index < -0.39 is 6.10 Å². The first kappa shape index (κ1) is 14.5. The Hall–Kier alpha value is -0.610. The molecule has 0 aromatic carbocycles. The van der Waals surface area contributed by atoms with E-state index in [0.29, 0.717) is 0 Å². The zero-order valence-electron chi connectivity index (χ0n) is 11.1. The zero-order valence-corrected chi connectivity index (χ0v) is 12.0. The van der Waals surface area contributed by atoms with Crippen LogP contribution in [0.3, 0.4) is 0 Å². The molecule has 4 heteroatoms. The highest BCUT2D eigenvalue weighted by Crippen LogP contribution is 2.24. The monoisotopic (exact) mass is 256 g/mol. The number of hydrogen-bond donors (Lipinski definition) is 1. The van der Waals surface area contributed by atoms with Crippen LogP contribution in [0.1, 0.15) is 58.3 Å². The van der Waals surface area contributed by atoms with Gasteiger partial charge < -0.3 is 10.0 Å². The van der Waals surface area contributed by atoms with Crippen LogP contribution in [0, 0.1) is 0 Å². The smallest absolute Gasteiger partial charge is 0.185 e. The molecule has 1 rings (SSSR count). The van der Waals surface area contributed by atoms with E-state index in [2.05, 4.69) is 23.7 Å². The molecule has 0 aliphatic carbocycles. The number of aliphatic hydroxyl groups is 1. The van der Waals surface area contributed by atoms with Crippen molar-refractivity contribution in [2.75, 3.05) is 18.0 Å². The minimum atomic E-state index is -0.459. The van der Waals surface area contributed by atoms with Crippen molar-refractivity contribution in [3.8, 4) is 0 Å². The molecule has 1 aromatic rings. The Balaban J connectivity index is 2.65. The van der Waals surface area contributed by atoms with Gasteiger partial charge in [0.15, 0.2) is 5.13 Å². The van der Waals surface area contributed by atoms with Gasteiger partial charge >= 0.3 is 0 Å². The molecule has 1 heterocycles. The van der Waals surface area contributed by atoms with Crippen molar-refractivity contribution in [1.82, 2.24) is 4.98 Å². The number of aliphatic hydroxyl groups excluding tert-OH is 1. The van der Waals surface area contributed by atoms with Crippen molar-refractivity contribution in [3.05, 3.63) is 11.1 Å². The lowest BCUT2D eigenvalue weighted by molar-refractivity contribution is 0.195. The lowest BCUT2D eigenvalue weighted by Gasteiger charge is -2.21. The summed E-state index contributed by atoms with van der Waals surface area (Å²) in [5.74, 6) is 0. The largest absolute Gasteiger partial charge is 0.387 e. The van der Waals surface area contributed by atoms with E-state index in [0.717, 1.165) is 23.9 Å². The minimum Gasteiger partial charge on any atom is -0.387 e. The van der Waals surface area contributed by atoms with Gasteiger partial charge in [-0.05, 0) is 19.8 Å². The summed E-state index contributed by atoms with van der Waals surface area (Å²) in [6.07, 6.45) is 4.36. The molecule has 0 radical (unpaired) electrons. The van der Waals surface area contributed by atoms with Crippen molar-refractivity contribution in [3.63, 3.8) is 0 Å². The zero-order chi connectivity index (χ0) is 12.7. The summed E-state index contributed by atoms with van der Waals surface area (Å²) in [5.41, 5.74) is 0.794. The van der Waals surface area contributed by atoms with E-state index in [-0.39, 0.29) is 0 Å². The molecule has 1 unspecified atom stereocenters. The third-order valence-electron chi connectivity index (χ3n) is 2.77. The van der Waals surface area contributed by atoms with Gasteiger partial charge in [0.1, 0.15) is 0 Å². The molecule has 0 amide bonds. The Labute approximate surface area is 108 Å². The molecule has 0 saturated heterocycles. The van der Waals surface area contributed by atoms with Crippen LogP contribution in [0.2, 0.25) is 0 Å². The van der Waals surface area contributed by atoms with E-state index in [1.807, 2.05) is 5.38 Å². The Morgan fingerprint density at radius 3 is 2.29 bits per heavy atom. The molecule has 0 bridgehead atoms. The maximum absolute atomic E-state index is 9.50. The number of anilines is 1. The standard InChI is InChI=1S/C13H24N2OS/c1-4-6-8-15(9-7-5-2)13-14-12(10-17-13)11(3)16/h10-11,16H,4-9H2,1-3H3. The average molecular weight is 256 g/mol. The number of aromatic nitrogens is 1. The molecule has 0 saturated carbocycles. The highest BCUT2D eigenvalue weighted by molar-refractivity contribution is 7.13. The molecule has 0 spiro atoms. The summed E-state index contributed by atoms with van der Waals surface area (Å²) in [6, 6.07) is 0. The van der Waals surface area contributed by atoms with Gasteiger partial charge in [0, 0.05) is 18.5 Å². The fourth-order valence-electron chi connectivity index (χ4n) is 1.61. The van der Waals surface area contributed by atoms with Crippen LogP contribution in [0.15, 0.2) is 5.38 Å². The second-order valence-electron chi connectivity index (χ2n) is 4.43. The Morgan fingerprint density at radius 1 is 1.29 bits per heavy atom. The summed E-state index contributed by atoms with van der Waals surface area (Å²) in [4.78, 5) is 6.86. The fourth-order valence-corrected chi connectivity index (χ4v) is 2.58. The number of rotatable bonds is 8. The van der Waals surface area contributed by atoms with Gasteiger partial charge in [0.25, 0.3) is 0 Å². The molecular formula is C13H24N2OS. The fraction of sp³-hybridized carbons (Fsp3) is 0.769. The topological polar surface area (TPSA) is 36.4 Å². The van der Waals surface area contributed by atoms with Crippen LogP contribution in [0.25, 0.3) is 0 Å². The second kappa shape index (κ2) is 7.67. The van der Waals surface area contributed by atoms with E-state index in [4.69, 9.17) is 0 Å².